The highest BCUT2D eigenvalue weighted by molar-refractivity contribution is 5.94. The van der Waals surface area contributed by atoms with E-state index in [0.717, 1.165) is 41.1 Å². The van der Waals surface area contributed by atoms with Crippen molar-refractivity contribution in [2.45, 2.75) is 64.2 Å². The van der Waals surface area contributed by atoms with Gasteiger partial charge in [-0.05, 0) is 50.8 Å². The van der Waals surface area contributed by atoms with Crippen LogP contribution in [0.25, 0.3) is 0 Å². The van der Waals surface area contributed by atoms with E-state index >= 15 is 0 Å². The summed E-state index contributed by atoms with van der Waals surface area (Å²) in [6, 6.07) is 3.91. The highest BCUT2D eigenvalue weighted by Gasteiger charge is 2.39. The first-order valence-corrected chi connectivity index (χ1v) is 13.0. The number of nitrogens with zero attached hydrogens (tertiary/aromatic N) is 4. The maximum absolute atomic E-state index is 13.4. The van der Waals surface area contributed by atoms with Gasteiger partial charge in [0.15, 0.2) is 0 Å². The van der Waals surface area contributed by atoms with E-state index in [4.69, 9.17) is 14.1 Å². The Labute approximate surface area is 218 Å². The molecule has 4 heterocycles. The number of carbonyl (C=O) groups excluding carboxylic acids is 1. The fourth-order valence-corrected chi connectivity index (χ4v) is 5.31. The van der Waals surface area contributed by atoms with Crippen molar-refractivity contribution in [1.82, 2.24) is 9.88 Å². The topological polar surface area (TPSA) is 82.6 Å². The molecule has 0 radical (unpaired) electrons. The molecule has 1 aliphatic carbocycles. The molecule has 1 amide bonds. The Hall–Kier alpha value is -3.63. The summed E-state index contributed by atoms with van der Waals surface area (Å²) in [7, 11) is 0. The lowest BCUT2D eigenvalue weighted by atomic mass is 9.87. The summed E-state index contributed by atoms with van der Waals surface area (Å²) in [6.07, 6.45) is 13.7. The van der Waals surface area contributed by atoms with Crippen LogP contribution >= 0.6 is 0 Å². The predicted molar refractivity (Wildman–Crippen MR) is 142 cm³/mol. The highest BCUT2D eigenvalue weighted by atomic mass is 16.5. The number of fused-ring (bicyclic) bond motifs is 1. The summed E-state index contributed by atoms with van der Waals surface area (Å²) in [6.45, 7) is 12.5. The number of anilines is 1. The molecular weight excluding hydrogens is 464 g/mol. The minimum absolute atomic E-state index is 0.0875. The lowest BCUT2D eigenvalue weighted by molar-refractivity contribution is -0.0407. The van der Waals surface area contributed by atoms with Gasteiger partial charge in [0.2, 0.25) is 0 Å². The Kier molecular flexibility index (Phi) is 6.78. The van der Waals surface area contributed by atoms with Gasteiger partial charge in [-0.25, -0.2) is 4.98 Å². The molecule has 0 spiro atoms. The summed E-state index contributed by atoms with van der Waals surface area (Å²) in [4.78, 5) is 22.5. The maximum atomic E-state index is 13.4. The van der Waals surface area contributed by atoms with Crippen molar-refractivity contribution < 1.29 is 13.9 Å². The summed E-state index contributed by atoms with van der Waals surface area (Å²) < 4.78 is 11.3. The van der Waals surface area contributed by atoms with Crippen LogP contribution in [0.15, 0.2) is 59.5 Å². The zero-order chi connectivity index (χ0) is 26.2. The molecule has 3 aliphatic rings. The third kappa shape index (κ3) is 4.99. The van der Waals surface area contributed by atoms with E-state index < -0.39 is 0 Å². The Morgan fingerprint density at radius 1 is 1.27 bits per heavy atom. The monoisotopic (exact) mass is 498 g/mol. The van der Waals surface area contributed by atoms with Gasteiger partial charge in [0.25, 0.3) is 5.91 Å². The molecule has 1 atom stereocenters. The van der Waals surface area contributed by atoms with Crippen LogP contribution in [-0.2, 0) is 17.8 Å². The molecular formula is C30H34N4O3. The minimum Gasteiger partial charge on any atom is -0.472 e. The smallest absolute Gasteiger partial charge is 0.257 e. The molecule has 2 aromatic rings. The molecule has 0 N–H and O–H groups in total. The molecule has 1 saturated heterocycles. The van der Waals surface area contributed by atoms with E-state index in [1.54, 1.807) is 6.07 Å². The first kappa shape index (κ1) is 25.0. The van der Waals surface area contributed by atoms with Crippen molar-refractivity contribution in [3.05, 3.63) is 83.0 Å². The van der Waals surface area contributed by atoms with Crippen LogP contribution in [0, 0.1) is 11.3 Å². The molecule has 1 saturated carbocycles. The van der Waals surface area contributed by atoms with Crippen LogP contribution in [0.4, 0.5) is 5.82 Å². The molecule has 7 nitrogen and oxygen atoms in total. The number of pyridine rings is 1. The normalized spacial score (nSPS) is 21.3. The van der Waals surface area contributed by atoms with Crippen LogP contribution < -0.4 is 4.90 Å². The number of hydrogen-bond donors (Lipinski definition) is 0. The SMILES string of the molecule is C=C(/C=C\C=C/C)[C@@H]1CN(c2nc(C3CC3)c3c(c2C#N)CC(C)(C)OC3)CCN1C(=O)c1ccoc1. The Bertz CT molecular complexity index is 1300. The van der Waals surface area contributed by atoms with Crippen molar-refractivity contribution in [3.8, 4) is 6.07 Å². The molecule has 37 heavy (non-hydrogen) atoms. The van der Waals surface area contributed by atoms with Gasteiger partial charge in [-0.3, -0.25) is 4.79 Å². The first-order chi connectivity index (χ1) is 17.8. The van der Waals surface area contributed by atoms with Crippen LogP contribution in [0.1, 0.15) is 72.3 Å². The Morgan fingerprint density at radius 3 is 2.76 bits per heavy atom. The average Bonchev–Trinajstić information content (AvgIpc) is 3.59. The molecule has 7 heteroatoms. The number of aromatic nitrogens is 1. The third-order valence-electron chi connectivity index (χ3n) is 7.46. The summed E-state index contributed by atoms with van der Waals surface area (Å²) in [5.41, 5.74) is 4.91. The lowest BCUT2D eigenvalue weighted by Gasteiger charge is -2.43. The molecule has 2 aromatic heterocycles. The lowest BCUT2D eigenvalue weighted by Crippen LogP contribution is -2.56. The van der Waals surface area contributed by atoms with Gasteiger partial charge in [0.1, 0.15) is 18.2 Å². The number of ether oxygens (including phenoxy) is 1. The van der Waals surface area contributed by atoms with Gasteiger partial charge in [0.05, 0.1) is 41.3 Å². The van der Waals surface area contributed by atoms with Gasteiger partial charge in [-0.1, -0.05) is 30.9 Å². The number of allylic oxidation sites excluding steroid dienone is 3. The second kappa shape index (κ2) is 10.0. The summed E-state index contributed by atoms with van der Waals surface area (Å²) in [5.74, 6) is 1.07. The van der Waals surface area contributed by atoms with Crippen molar-refractivity contribution in [1.29, 1.82) is 5.26 Å². The Balaban J connectivity index is 1.53. The van der Waals surface area contributed by atoms with Crippen molar-refractivity contribution in [3.63, 3.8) is 0 Å². The fourth-order valence-electron chi connectivity index (χ4n) is 5.31. The molecule has 5 rings (SSSR count). The molecule has 0 unspecified atom stereocenters. The van der Waals surface area contributed by atoms with Crippen molar-refractivity contribution in [2.75, 3.05) is 24.5 Å². The third-order valence-corrected chi connectivity index (χ3v) is 7.46. The van der Waals surface area contributed by atoms with E-state index in [1.807, 2.05) is 36.1 Å². The second-order valence-electron chi connectivity index (χ2n) is 10.7. The maximum Gasteiger partial charge on any atom is 0.257 e. The van der Waals surface area contributed by atoms with Crippen LogP contribution in [-0.4, -0.2) is 47.1 Å². The van der Waals surface area contributed by atoms with E-state index in [2.05, 4.69) is 31.4 Å². The number of furan rings is 1. The van der Waals surface area contributed by atoms with Crippen LogP contribution in [0.2, 0.25) is 0 Å². The van der Waals surface area contributed by atoms with Gasteiger partial charge < -0.3 is 19.0 Å². The van der Waals surface area contributed by atoms with Crippen molar-refractivity contribution >= 4 is 11.7 Å². The predicted octanol–water partition coefficient (Wildman–Crippen LogP) is 5.29. The summed E-state index contributed by atoms with van der Waals surface area (Å²) >= 11 is 0. The van der Waals surface area contributed by atoms with E-state index in [-0.39, 0.29) is 17.6 Å². The fraction of sp³-hybridized carbons (Fsp3) is 0.433. The minimum atomic E-state index is -0.331. The largest absolute Gasteiger partial charge is 0.472 e. The molecule has 2 aliphatic heterocycles. The van der Waals surface area contributed by atoms with Crippen molar-refractivity contribution in [2.24, 2.45) is 0 Å². The average molecular weight is 499 g/mol. The molecule has 2 fully saturated rings. The van der Waals surface area contributed by atoms with Gasteiger partial charge in [-0.15, -0.1) is 0 Å². The first-order valence-electron chi connectivity index (χ1n) is 13.0. The standard InChI is InChI=1S/C30H34N4O3/c1-5-6-7-8-20(2)26-17-33(12-13-34(26)29(35)22-11-14-36-18-22)28-24(16-31)23-15-30(3,4)37-19-25(23)27(32-28)21-9-10-21/h5-8,11,14,18,21,26H,2,9-10,12-13,15,17,19H2,1,3-4H3/b6-5-,8-7-/t26-/m0/s1. The van der Waals surface area contributed by atoms with Crippen LogP contribution in [0.3, 0.4) is 0 Å². The highest BCUT2D eigenvalue weighted by Crippen LogP contribution is 2.46. The molecule has 0 aromatic carbocycles. The van der Waals surface area contributed by atoms with Gasteiger partial charge in [-0.2, -0.15) is 5.26 Å². The zero-order valence-corrected chi connectivity index (χ0v) is 21.9. The number of rotatable bonds is 6. The molecule has 192 valence electrons. The van der Waals surface area contributed by atoms with E-state index in [0.29, 0.717) is 49.7 Å². The second-order valence-corrected chi connectivity index (χ2v) is 10.7. The zero-order valence-electron chi connectivity index (χ0n) is 21.9. The number of hydrogen-bond acceptors (Lipinski definition) is 6. The van der Waals surface area contributed by atoms with E-state index in [1.165, 1.54) is 12.5 Å². The number of amides is 1. The van der Waals surface area contributed by atoms with Gasteiger partial charge >= 0.3 is 0 Å². The quantitative estimate of drug-likeness (QED) is 0.503. The number of carbonyl (C=O) groups is 1. The van der Waals surface area contributed by atoms with E-state index in [9.17, 15) is 10.1 Å². The van der Waals surface area contributed by atoms with Gasteiger partial charge in [0, 0.05) is 37.5 Å². The number of nitriles is 1. The number of piperazine rings is 1. The summed E-state index contributed by atoms with van der Waals surface area (Å²) in [5, 5.41) is 10.3. The molecule has 0 bridgehead atoms. The van der Waals surface area contributed by atoms with Crippen LogP contribution in [0.5, 0.6) is 0 Å². The Morgan fingerprint density at radius 2 is 2.08 bits per heavy atom.